The minimum absolute atomic E-state index is 0.0489. The van der Waals surface area contributed by atoms with E-state index >= 15 is 0 Å². The van der Waals surface area contributed by atoms with E-state index < -0.39 is 0 Å². The molecule has 4 rings (SSSR count). The molecule has 0 bridgehead atoms. The van der Waals surface area contributed by atoms with Crippen LogP contribution in [0.3, 0.4) is 0 Å². The molecule has 2 aliphatic rings. The molecule has 0 radical (unpaired) electrons. The zero-order valence-corrected chi connectivity index (χ0v) is 15.1. The molecular weight excluding hydrogens is 328 g/mol. The van der Waals surface area contributed by atoms with Crippen LogP contribution in [0.25, 0.3) is 0 Å². The number of ether oxygens (including phenoxy) is 1. The highest BCUT2D eigenvalue weighted by atomic mass is 16.5. The molecular formula is C20H24N4O2. The van der Waals surface area contributed by atoms with Crippen molar-refractivity contribution in [3.05, 3.63) is 53.0 Å². The Morgan fingerprint density at radius 3 is 2.96 bits per heavy atom. The van der Waals surface area contributed by atoms with Crippen LogP contribution in [-0.2, 0) is 17.7 Å². The summed E-state index contributed by atoms with van der Waals surface area (Å²) in [6.45, 7) is 5.15. The van der Waals surface area contributed by atoms with E-state index in [4.69, 9.17) is 4.74 Å². The summed E-state index contributed by atoms with van der Waals surface area (Å²) < 4.78 is 5.34. The molecule has 0 saturated carbocycles. The van der Waals surface area contributed by atoms with Gasteiger partial charge >= 0.3 is 0 Å². The maximum Gasteiger partial charge on any atom is 0.253 e. The van der Waals surface area contributed by atoms with Gasteiger partial charge in [-0.3, -0.25) is 9.78 Å². The molecule has 26 heavy (non-hydrogen) atoms. The van der Waals surface area contributed by atoms with Crippen LogP contribution in [0, 0.1) is 6.92 Å². The van der Waals surface area contributed by atoms with Crippen molar-refractivity contribution in [2.75, 3.05) is 24.7 Å². The Kier molecular flexibility index (Phi) is 4.84. The van der Waals surface area contributed by atoms with Gasteiger partial charge in [0.1, 0.15) is 5.82 Å². The first-order valence-corrected chi connectivity index (χ1v) is 9.23. The van der Waals surface area contributed by atoms with Gasteiger partial charge in [0.15, 0.2) is 0 Å². The van der Waals surface area contributed by atoms with Gasteiger partial charge in [-0.1, -0.05) is 6.07 Å². The Labute approximate surface area is 153 Å². The molecule has 1 amide bonds. The first kappa shape index (κ1) is 17.0. The van der Waals surface area contributed by atoms with E-state index in [1.807, 2.05) is 25.3 Å². The number of hydrogen-bond acceptors (Lipinski definition) is 5. The van der Waals surface area contributed by atoms with Crippen LogP contribution in [-0.4, -0.2) is 41.7 Å². The minimum atomic E-state index is -0.0489. The Morgan fingerprint density at radius 2 is 2.15 bits per heavy atom. The number of amides is 1. The largest absolute Gasteiger partial charge is 0.381 e. The van der Waals surface area contributed by atoms with Crippen molar-refractivity contribution in [1.29, 1.82) is 0 Å². The summed E-state index contributed by atoms with van der Waals surface area (Å²) in [5.74, 6) is 0.898. The lowest BCUT2D eigenvalue weighted by Crippen LogP contribution is -2.39. The van der Waals surface area contributed by atoms with E-state index in [-0.39, 0.29) is 11.9 Å². The maximum absolute atomic E-state index is 12.5. The van der Waals surface area contributed by atoms with Crippen LogP contribution < -0.4 is 10.2 Å². The molecule has 4 heterocycles. The number of rotatable bonds is 3. The predicted molar refractivity (Wildman–Crippen MR) is 99.3 cm³/mol. The number of nitrogens with one attached hydrogen (secondary N) is 1. The molecule has 0 unspecified atom stereocenters. The van der Waals surface area contributed by atoms with Crippen molar-refractivity contribution in [3.8, 4) is 0 Å². The van der Waals surface area contributed by atoms with Crippen molar-refractivity contribution in [1.82, 2.24) is 15.3 Å². The number of aromatic nitrogens is 2. The zero-order chi connectivity index (χ0) is 17.9. The molecule has 136 valence electrons. The molecule has 1 fully saturated rings. The fourth-order valence-corrected chi connectivity index (χ4v) is 3.68. The molecule has 2 aromatic rings. The minimum Gasteiger partial charge on any atom is -0.381 e. The maximum atomic E-state index is 12.5. The second kappa shape index (κ2) is 7.41. The van der Waals surface area contributed by atoms with E-state index in [9.17, 15) is 4.79 Å². The second-order valence-corrected chi connectivity index (χ2v) is 7.01. The van der Waals surface area contributed by atoms with Gasteiger partial charge in [0.2, 0.25) is 0 Å². The Hall–Kier alpha value is -2.47. The predicted octanol–water partition coefficient (Wildman–Crippen LogP) is 2.26. The SMILES string of the molecule is Cc1cc(C(=O)NC2CCOCC2)cnc1N1CCc2ncccc2C1. The first-order chi connectivity index (χ1) is 12.7. The average molecular weight is 352 g/mol. The van der Waals surface area contributed by atoms with Gasteiger partial charge in [0.05, 0.1) is 5.56 Å². The number of anilines is 1. The van der Waals surface area contributed by atoms with Crippen molar-refractivity contribution in [2.24, 2.45) is 0 Å². The van der Waals surface area contributed by atoms with Crippen LogP contribution in [0.1, 0.15) is 40.0 Å². The topological polar surface area (TPSA) is 67.3 Å². The highest BCUT2D eigenvalue weighted by molar-refractivity contribution is 5.94. The van der Waals surface area contributed by atoms with E-state index in [2.05, 4.69) is 26.3 Å². The molecule has 6 heteroatoms. The summed E-state index contributed by atoms with van der Waals surface area (Å²) in [7, 11) is 0. The lowest BCUT2D eigenvalue weighted by Gasteiger charge is -2.30. The van der Waals surface area contributed by atoms with Crippen LogP contribution in [0.15, 0.2) is 30.6 Å². The Morgan fingerprint density at radius 1 is 1.31 bits per heavy atom. The number of hydrogen-bond donors (Lipinski definition) is 1. The lowest BCUT2D eigenvalue weighted by atomic mass is 10.0. The number of aryl methyl sites for hydroxylation is 1. The van der Waals surface area contributed by atoms with Crippen molar-refractivity contribution in [3.63, 3.8) is 0 Å². The highest BCUT2D eigenvalue weighted by Gasteiger charge is 2.21. The quantitative estimate of drug-likeness (QED) is 0.918. The fourth-order valence-electron chi connectivity index (χ4n) is 3.68. The van der Waals surface area contributed by atoms with Crippen molar-refractivity contribution in [2.45, 2.75) is 38.8 Å². The Balaban J connectivity index is 1.47. The average Bonchev–Trinajstić information content (AvgIpc) is 2.68. The molecule has 1 N–H and O–H groups in total. The number of carbonyl (C=O) groups excluding carboxylic acids is 1. The Bertz CT molecular complexity index is 802. The van der Waals surface area contributed by atoms with Gasteiger partial charge in [0.25, 0.3) is 5.91 Å². The standard InChI is InChI=1S/C20H24N4O2/c1-14-11-16(20(25)23-17-5-9-26-10-6-17)12-22-19(14)24-8-4-18-15(13-24)3-2-7-21-18/h2-3,7,11-12,17H,4-6,8-10,13H2,1H3,(H,23,25). The third kappa shape index (κ3) is 3.55. The third-order valence-electron chi connectivity index (χ3n) is 5.13. The molecule has 0 spiro atoms. The molecule has 6 nitrogen and oxygen atoms in total. The number of fused-ring (bicyclic) bond motifs is 1. The zero-order valence-electron chi connectivity index (χ0n) is 15.1. The van der Waals surface area contributed by atoms with E-state index in [0.29, 0.717) is 18.8 Å². The van der Waals surface area contributed by atoms with E-state index in [1.165, 1.54) is 11.3 Å². The summed E-state index contributed by atoms with van der Waals surface area (Å²) in [5, 5.41) is 3.09. The van der Waals surface area contributed by atoms with Crippen molar-refractivity contribution < 1.29 is 9.53 Å². The first-order valence-electron chi connectivity index (χ1n) is 9.23. The molecule has 0 aliphatic carbocycles. The monoisotopic (exact) mass is 352 g/mol. The molecule has 1 saturated heterocycles. The van der Waals surface area contributed by atoms with E-state index in [1.54, 1.807) is 6.20 Å². The third-order valence-corrected chi connectivity index (χ3v) is 5.13. The van der Waals surface area contributed by atoms with Crippen LogP contribution in [0.4, 0.5) is 5.82 Å². The molecule has 2 aromatic heterocycles. The van der Waals surface area contributed by atoms with Crippen LogP contribution in [0.5, 0.6) is 0 Å². The van der Waals surface area contributed by atoms with Gasteiger partial charge < -0.3 is 15.0 Å². The van der Waals surface area contributed by atoms with Crippen LogP contribution >= 0.6 is 0 Å². The van der Waals surface area contributed by atoms with Gasteiger partial charge in [-0.05, 0) is 43.0 Å². The summed E-state index contributed by atoms with van der Waals surface area (Å²) in [4.78, 5) is 23.8. The molecule has 0 aromatic carbocycles. The van der Waals surface area contributed by atoms with Gasteiger partial charge in [-0.2, -0.15) is 0 Å². The lowest BCUT2D eigenvalue weighted by molar-refractivity contribution is 0.0696. The second-order valence-electron chi connectivity index (χ2n) is 7.01. The summed E-state index contributed by atoms with van der Waals surface area (Å²) >= 11 is 0. The molecule has 2 aliphatic heterocycles. The van der Waals surface area contributed by atoms with Gasteiger partial charge in [0, 0.05) is 56.9 Å². The molecule has 0 atom stereocenters. The number of nitrogens with zero attached hydrogens (tertiary/aromatic N) is 3. The summed E-state index contributed by atoms with van der Waals surface area (Å²) in [6.07, 6.45) is 6.21. The summed E-state index contributed by atoms with van der Waals surface area (Å²) in [6, 6.07) is 6.24. The van der Waals surface area contributed by atoms with Crippen LogP contribution in [0.2, 0.25) is 0 Å². The highest BCUT2D eigenvalue weighted by Crippen LogP contribution is 2.25. The number of carbonyl (C=O) groups is 1. The van der Waals surface area contributed by atoms with E-state index in [0.717, 1.165) is 43.7 Å². The normalized spacial score (nSPS) is 17.7. The fraction of sp³-hybridized carbons (Fsp3) is 0.450. The van der Waals surface area contributed by atoms with Crippen molar-refractivity contribution >= 4 is 11.7 Å². The summed E-state index contributed by atoms with van der Waals surface area (Å²) in [5.41, 5.74) is 4.07. The smallest absolute Gasteiger partial charge is 0.253 e. The van der Waals surface area contributed by atoms with Gasteiger partial charge in [-0.15, -0.1) is 0 Å². The number of pyridine rings is 2. The van der Waals surface area contributed by atoms with Gasteiger partial charge in [-0.25, -0.2) is 4.98 Å².